The van der Waals surface area contributed by atoms with Crippen molar-refractivity contribution in [2.24, 2.45) is 0 Å². The van der Waals surface area contributed by atoms with E-state index < -0.39 is 17.5 Å². The van der Waals surface area contributed by atoms with Gasteiger partial charge in [0.25, 0.3) is 0 Å². The third kappa shape index (κ3) is 6.69. The fourth-order valence-corrected chi connectivity index (χ4v) is 8.39. The summed E-state index contributed by atoms with van der Waals surface area (Å²) in [6, 6.07) is 34.4. The van der Waals surface area contributed by atoms with E-state index in [0.717, 1.165) is 78.0 Å². The summed E-state index contributed by atoms with van der Waals surface area (Å²) in [7, 11) is 0. The average molecular weight is 788 g/mol. The van der Waals surface area contributed by atoms with Gasteiger partial charge in [-0.3, -0.25) is 0 Å². The van der Waals surface area contributed by atoms with Gasteiger partial charge in [-0.1, -0.05) is 132 Å². The summed E-state index contributed by atoms with van der Waals surface area (Å²) in [5.41, 5.74) is 9.46. The van der Waals surface area contributed by atoms with Crippen LogP contribution in [0.3, 0.4) is 0 Å². The summed E-state index contributed by atoms with van der Waals surface area (Å²) in [5.74, 6) is -4.09. The van der Waals surface area contributed by atoms with Crippen LogP contribution in [0.5, 0.6) is 0 Å². The molecule has 0 unspecified atom stereocenters. The number of benzene rings is 6. The lowest BCUT2D eigenvalue weighted by Crippen LogP contribution is -2.12. The monoisotopic (exact) mass is 787 g/mol. The maximum absolute atomic E-state index is 15.2. The second-order valence-corrected chi connectivity index (χ2v) is 20.4. The molecule has 2 heterocycles. The van der Waals surface area contributed by atoms with E-state index >= 15 is 8.78 Å². The van der Waals surface area contributed by atoms with Gasteiger partial charge in [0, 0.05) is 21.5 Å². The zero-order chi connectivity index (χ0) is 42.7. The van der Waals surface area contributed by atoms with Gasteiger partial charge in [0.15, 0.2) is 17.5 Å². The minimum atomic E-state index is -1.53. The lowest BCUT2D eigenvalue weighted by Gasteiger charge is -2.23. The quantitative estimate of drug-likeness (QED) is 0.164. The highest BCUT2D eigenvalue weighted by atomic mass is 19.2. The molecule has 0 atom stereocenters. The summed E-state index contributed by atoms with van der Waals surface area (Å²) < 4.78 is 49.3. The van der Waals surface area contributed by atoms with Gasteiger partial charge < -0.3 is 9.13 Å². The van der Waals surface area contributed by atoms with Crippen molar-refractivity contribution in [3.8, 4) is 28.6 Å². The van der Waals surface area contributed by atoms with Gasteiger partial charge in [0.05, 0.1) is 33.4 Å². The molecule has 0 aliphatic heterocycles. The highest BCUT2D eigenvalue weighted by molar-refractivity contribution is 6.12. The van der Waals surface area contributed by atoms with Gasteiger partial charge in [0.2, 0.25) is 0 Å². The molecule has 2 aromatic heterocycles. The normalized spacial score (nSPS) is 13.0. The highest BCUT2D eigenvalue weighted by Gasteiger charge is 2.27. The molecule has 0 saturated carbocycles. The van der Waals surface area contributed by atoms with Crippen molar-refractivity contribution in [2.75, 3.05) is 0 Å². The summed E-state index contributed by atoms with van der Waals surface area (Å²) in [4.78, 5) is 0. The standard InChI is InChI=1S/C53H52F3N3/c1-50(2,3)32-13-17-36-37-18-14-33(51(4,5)6)26-46(37)58(45(36)25-32)43-23-31(30-21-41(54)49(56)42(55)22-30)24-44(40(43)29-57)59-47-27-34(52(7,8)9)15-19-38(47)39-20-16-35(28-48(39)59)53(10,11)12/h13-28H,1-12H3. The van der Waals surface area contributed by atoms with Crippen LogP contribution in [-0.4, -0.2) is 9.13 Å². The first-order valence-electron chi connectivity index (χ1n) is 20.4. The number of halogens is 3. The molecule has 0 amide bonds. The van der Waals surface area contributed by atoms with Crippen molar-refractivity contribution in [3.63, 3.8) is 0 Å². The van der Waals surface area contributed by atoms with Crippen molar-refractivity contribution >= 4 is 43.6 Å². The molecule has 0 bridgehead atoms. The molecule has 0 spiro atoms. The fourth-order valence-electron chi connectivity index (χ4n) is 8.39. The van der Waals surface area contributed by atoms with Crippen LogP contribution in [-0.2, 0) is 21.7 Å². The Bertz CT molecular complexity index is 2730. The number of hydrogen-bond donors (Lipinski definition) is 0. The first kappa shape index (κ1) is 40.0. The Hall–Kier alpha value is -5.80. The van der Waals surface area contributed by atoms with Gasteiger partial charge >= 0.3 is 0 Å². The topological polar surface area (TPSA) is 33.6 Å². The van der Waals surface area contributed by atoms with E-state index in [1.807, 2.05) is 12.1 Å². The average Bonchev–Trinajstić information content (AvgIpc) is 3.66. The molecule has 0 aliphatic carbocycles. The molecule has 59 heavy (non-hydrogen) atoms. The number of hydrogen-bond acceptors (Lipinski definition) is 1. The van der Waals surface area contributed by atoms with Crippen molar-refractivity contribution in [1.29, 1.82) is 5.26 Å². The van der Waals surface area contributed by atoms with Crippen molar-refractivity contribution < 1.29 is 13.2 Å². The predicted molar refractivity (Wildman–Crippen MR) is 240 cm³/mol. The van der Waals surface area contributed by atoms with E-state index in [1.54, 1.807) is 0 Å². The minimum Gasteiger partial charge on any atom is -0.308 e. The second kappa shape index (κ2) is 13.4. The Morgan fingerprint density at radius 3 is 0.932 bits per heavy atom. The van der Waals surface area contributed by atoms with E-state index in [4.69, 9.17) is 0 Å². The smallest absolute Gasteiger partial charge is 0.194 e. The second-order valence-electron chi connectivity index (χ2n) is 20.4. The molecule has 3 nitrogen and oxygen atoms in total. The highest BCUT2D eigenvalue weighted by Crippen LogP contribution is 2.43. The van der Waals surface area contributed by atoms with Crippen molar-refractivity contribution in [1.82, 2.24) is 9.13 Å². The van der Waals surface area contributed by atoms with E-state index in [1.165, 1.54) is 0 Å². The zero-order valence-corrected chi connectivity index (χ0v) is 36.2. The Labute approximate surface area is 345 Å². The van der Waals surface area contributed by atoms with Crippen LogP contribution >= 0.6 is 0 Å². The Morgan fingerprint density at radius 2 is 0.678 bits per heavy atom. The first-order valence-corrected chi connectivity index (χ1v) is 20.4. The zero-order valence-electron chi connectivity index (χ0n) is 36.2. The van der Waals surface area contributed by atoms with E-state index in [-0.39, 0.29) is 27.2 Å². The molecule has 0 N–H and O–H groups in total. The molecule has 8 rings (SSSR count). The molecule has 0 radical (unpaired) electrons. The van der Waals surface area contributed by atoms with Crippen molar-refractivity contribution in [2.45, 2.75) is 105 Å². The number of rotatable bonds is 3. The summed E-state index contributed by atoms with van der Waals surface area (Å²) >= 11 is 0. The fraction of sp³-hybridized carbons (Fsp3) is 0.302. The number of nitriles is 1. The molecule has 0 aliphatic rings. The lowest BCUT2D eigenvalue weighted by atomic mass is 9.86. The van der Waals surface area contributed by atoms with E-state index in [9.17, 15) is 9.65 Å². The number of aromatic nitrogens is 2. The number of fused-ring (bicyclic) bond motifs is 6. The van der Waals surface area contributed by atoms with Gasteiger partial charge in [-0.25, -0.2) is 13.2 Å². The summed E-state index contributed by atoms with van der Waals surface area (Å²) in [6.07, 6.45) is 0. The molecule has 0 fully saturated rings. The van der Waals surface area contributed by atoms with E-state index in [0.29, 0.717) is 22.5 Å². The Kier molecular flexibility index (Phi) is 9.06. The van der Waals surface area contributed by atoms with Crippen LogP contribution in [0.15, 0.2) is 97.1 Å². The van der Waals surface area contributed by atoms with Crippen LogP contribution in [0.1, 0.15) is 111 Å². The van der Waals surface area contributed by atoms with Crippen LogP contribution in [0.2, 0.25) is 0 Å². The maximum atomic E-state index is 15.2. The minimum absolute atomic E-state index is 0.159. The Balaban J connectivity index is 1.62. The summed E-state index contributed by atoms with van der Waals surface area (Å²) in [6.45, 7) is 26.1. The van der Waals surface area contributed by atoms with Crippen molar-refractivity contribution in [3.05, 3.63) is 142 Å². The summed E-state index contributed by atoms with van der Waals surface area (Å²) in [5, 5.41) is 15.6. The van der Waals surface area contributed by atoms with Crippen LogP contribution < -0.4 is 0 Å². The van der Waals surface area contributed by atoms with Gasteiger partial charge in [0.1, 0.15) is 11.6 Å². The predicted octanol–water partition coefficient (Wildman–Crippen LogP) is 15.0. The van der Waals surface area contributed by atoms with Gasteiger partial charge in [-0.05, 0) is 104 Å². The molecular formula is C53H52F3N3. The molecular weight excluding hydrogens is 736 g/mol. The Morgan fingerprint density at radius 1 is 0.407 bits per heavy atom. The van der Waals surface area contributed by atoms with Crippen LogP contribution in [0, 0.1) is 28.8 Å². The van der Waals surface area contributed by atoms with Crippen LogP contribution in [0.4, 0.5) is 13.2 Å². The molecule has 300 valence electrons. The molecule has 8 aromatic rings. The SMILES string of the molecule is CC(C)(C)c1ccc2c3ccc(C(C)(C)C)cc3n(-c3cc(-c4cc(F)c(F)c(F)c4)cc(-n4c5cc(C(C)(C)C)ccc5c5ccc(C(C)(C)C)cc54)c3C#N)c2c1. The van der Waals surface area contributed by atoms with Gasteiger partial charge in [-0.2, -0.15) is 5.26 Å². The lowest BCUT2D eigenvalue weighted by molar-refractivity contribution is 0.447. The van der Waals surface area contributed by atoms with Gasteiger partial charge in [-0.15, -0.1) is 0 Å². The maximum Gasteiger partial charge on any atom is 0.194 e. The first-order chi connectivity index (χ1) is 27.5. The third-order valence-corrected chi connectivity index (χ3v) is 12.0. The van der Waals surface area contributed by atoms with E-state index in [2.05, 4.69) is 171 Å². The number of nitrogens with zero attached hydrogens (tertiary/aromatic N) is 3. The van der Waals surface area contributed by atoms with Crippen LogP contribution in [0.25, 0.3) is 66.1 Å². The molecule has 6 heteroatoms. The third-order valence-electron chi connectivity index (χ3n) is 12.0. The molecule has 0 saturated heterocycles. The molecule has 6 aromatic carbocycles. The largest absolute Gasteiger partial charge is 0.308 e.